The van der Waals surface area contributed by atoms with Crippen molar-refractivity contribution in [2.45, 2.75) is 44.1 Å². The van der Waals surface area contributed by atoms with Crippen molar-refractivity contribution in [1.82, 2.24) is 9.80 Å². The van der Waals surface area contributed by atoms with Gasteiger partial charge < -0.3 is 14.5 Å². The fraction of sp³-hybridized carbons (Fsp3) is 0.556. The predicted octanol–water partition coefficient (Wildman–Crippen LogP) is 2.50. The molecule has 2 saturated heterocycles. The van der Waals surface area contributed by atoms with Crippen molar-refractivity contribution >= 4 is 23.6 Å². The summed E-state index contributed by atoms with van der Waals surface area (Å²) in [5.41, 5.74) is 1.06. The predicted molar refractivity (Wildman–Crippen MR) is 94.8 cm³/mol. The van der Waals surface area contributed by atoms with Crippen molar-refractivity contribution in [2.24, 2.45) is 0 Å². The number of fused-ring (bicyclic) bond motifs is 1. The standard InChI is InChI=1S/C18H24N2O3S/c1-4-19(11-13-5-7-14(23-3)8-6-13)17(22)15-12-24-18(2)10-9-16(21)20(15)18/h5-8,15H,4,9-12H2,1-3H3. The van der Waals surface area contributed by atoms with Crippen LogP contribution in [0.15, 0.2) is 24.3 Å². The monoisotopic (exact) mass is 348 g/mol. The molecular formula is C18H24N2O3S. The van der Waals surface area contributed by atoms with Crippen LogP contribution in [0.25, 0.3) is 0 Å². The van der Waals surface area contributed by atoms with Crippen LogP contribution in [0, 0.1) is 0 Å². The Balaban J connectivity index is 1.73. The van der Waals surface area contributed by atoms with E-state index in [0.717, 1.165) is 17.7 Å². The minimum absolute atomic E-state index is 0.0554. The second-order valence-corrected chi connectivity index (χ2v) is 7.97. The average molecular weight is 348 g/mol. The molecule has 24 heavy (non-hydrogen) atoms. The molecule has 5 nitrogen and oxygen atoms in total. The summed E-state index contributed by atoms with van der Waals surface area (Å²) < 4.78 is 5.17. The van der Waals surface area contributed by atoms with Gasteiger partial charge in [-0.1, -0.05) is 12.1 Å². The first kappa shape index (κ1) is 17.1. The third-order valence-corrected chi connectivity index (χ3v) is 6.46. The summed E-state index contributed by atoms with van der Waals surface area (Å²) in [5.74, 6) is 1.67. The van der Waals surface area contributed by atoms with Gasteiger partial charge in [-0.15, -0.1) is 11.8 Å². The number of amides is 2. The number of carbonyl (C=O) groups is 2. The number of carbonyl (C=O) groups excluding carboxylic acids is 2. The molecule has 130 valence electrons. The maximum absolute atomic E-state index is 13.0. The zero-order valence-corrected chi connectivity index (χ0v) is 15.3. The number of methoxy groups -OCH3 is 1. The molecule has 2 aliphatic rings. The molecule has 0 N–H and O–H groups in total. The van der Waals surface area contributed by atoms with Gasteiger partial charge in [-0.05, 0) is 38.0 Å². The van der Waals surface area contributed by atoms with Crippen LogP contribution in [-0.2, 0) is 16.1 Å². The molecule has 0 radical (unpaired) electrons. The zero-order valence-electron chi connectivity index (χ0n) is 14.4. The van der Waals surface area contributed by atoms with Crippen LogP contribution in [0.2, 0.25) is 0 Å². The van der Waals surface area contributed by atoms with Crippen LogP contribution in [-0.4, -0.2) is 51.9 Å². The number of hydrogen-bond donors (Lipinski definition) is 0. The highest BCUT2D eigenvalue weighted by Crippen LogP contribution is 2.47. The first-order chi connectivity index (χ1) is 11.5. The van der Waals surface area contributed by atoms with Crippen LogP contribution in [0.5, 0.6) is 5.75 Å². The Hall–Kier alpha value is -1.69. The number of likely N-dealkylation sites (N-methyl/N-ethyl adjacent to an activating group) is 1. The summed E-state index contributed by atoms with van der Waals surface area (Å²) in [5, 5.41) is 0. The summed E-state index contributed by atoms with van der Waals surface area (Å²) in [6.07, 6.45) is 1.39. The van der Waals surface area contributed by atoms with Gasteiger partial charge in [0.15, 0.2) is 0 Å². The molecule has 0 aromatic heterocycles. The van der Waals surface area contributed by atoms with E-state index in [9.17, 15) is 9.59 Å². The minimum Gasteiger partial charge on any atom is -0.497 e. The molecule has 2 fully saturated rings. The molecule has 0 spiro atoms. The minimum atomic E-state index is -0.326. The van der Waals surface area contributed by atoms with Gasteiger partial charge in [0.05, 0.1) is 12.0 Å². The summed E-state index contributed by atoms with van der Waals surface area (Å²) in [7, 11) is 1.64. The van der Waals surface area contributed by atoms with E-state index in [4.69, 9.17) is 4.74 Å². The Bertz CT molecular complexity index is 634. The van der Waals surface area contributed by atoms with Gasteiger partial charge in [0, 0.05) is 25.3 Å². The summed E-state index contributed by atoms with van der Waals surface area (Å²) in [6, 6.07) is 7.43. The zero-order chi connectivity index (χ0) is 17.3. The molecule has 3 rings (SSSR count). The highest BCUT2D eigenvalue weighted by Gasteiger charge is 2.53. The molecule has 0 aliphatic carbocycles. The maximum atomic E-state index is 13.0. The van der Waals surface area contributed by atoms with Crippen LogP contribution < -0.4 is 4.74 Å². The topological polar surface area (TPSA) is 49.9 Å². The molecule has 1 aromatic rings. The Morgan fingerprint density at radius 2 is 2.12 bits per heavy atom. The van der Waals surface area contributed by atoms with Gasteiger partial charge >= 0.3 is 0 Å². The third-order valence-electron chi connectivity index (χ3n) is 4.96. The Kier molecular flexibility index (Phi) is 4.76. The molecule has 0 bridgehead atoms. The van der Waals surface area contributed by atoms with Crippen molar-refractivity contribution < 1.29 is 14.3 Å². The van der Waals surface area contributed by atoms with E-state index in [1.54, 1.807) is 18.9 Å². The van der Waals surface area contributed by atoms with Crippen LogP contribution >= 0.6 is 11.8 Å². The molecule has 2 atom stereocenters. The number of benzene rings is 1. The van der Waals surface area contributed by atoms with Crippen LogP contribution in [0.4, 0.5) is 0 Å². The molecule has 2 unspecified atom stereocenters. The molecular weight excluding hydrogens is 324 g/mol. The lowest BCUT2D eigenvalue weighted by Crippen LogP contribution is -2.51. The quantitative estimate of drug-likeness (QED) is 0.820. The van der Waals surface area contributed by atoms with Crippen LogP contribution in [0.1, 0.15) is 32.3 Å². The number of nitrogens with zero attached hydrogens (tertiary/aromatic N) is 2. The van der Waals surface area contributed by atoms with Crippen molar-refractivity contribution in [2.75, 3.05) is 19.4 Å². The summed E-state index contributed by atoms with van der Waals surface area (Å²) in [6.45, 7) is 5.24. The van der Waals surface area contributed by atoms with Crippen LogP contribution in [0.3, 0.4) is 0 Å². The Morgan fingerprint density at radius 1 is 1.42 bits per heavy atom. The first-order valence-electron chi connectivity index (χ1n) is 8.36. The second-order valence-electron chi connectivity index (χ2n) is 6.47. The Morgan fingerprint density at radius 3 is 2.75 bits per heavy atom. The van der Waals surface area contributed by atoms with Crippen molar-refractivity contribution in [3.8, 4) is 5.75 Å². The lowest BCUT2D eigenvalue weighted by atomic mass is 10.1. The molecule has 6 heteroatoms. The molecule has 2 amide bonds. The van der Waals surface area contributed by atoms with Gasteiger partial charge in [-0.2, -0.15) is 0 Å². The number of ether oxygens (including phenoxy) is 1. The Labute approximate surface area is 147 Å². The average Bonchev–Trinajstić information content (AvgIpc) is 3.09. The van der Waals surface area contributed by atoms with E-state index in [2.05, 4.69) is 6.92 Å². The number of hydrogen-bond acceptors (Lipinski definition) is 4. The van der Waals surface area contributed by atoms with E-state index < -0.39 is 0 Å². The normalized spacial score (nSPS) is 25.7. The van der Waals surface area contributed by atoms with Crippen molar-refractivity contribution in [3.63, 3.8) is 0 Å². The van der Waals surface area contributed by atoms with Crippen molar-refractivity contribution in [1.29, 1.82) is 0 Å². The summed E-state index contributed by atoms with van der Waals surface area (Å²) >= 11 is 1.74. The van der Waals surface area contributed by atoms with E-state index in [0.29, 0.717) is 25.3 Å². The lowest BCUT2D eigenvalue weighted by Gasteiger charge is -2.32. The third kappa shape index (κ3) is 2.99. The number of thioether (sulfide) groups is 1. The largest absolute Gasteiger partial charge is 0.497 e. The second kappa shape index (κ2) is 6.67. The van der Waals surface area contributed by atoms with Gasteiger partial charge in [0.25, 0.3) is 0 Å². The fourth-order valence-electron chi connectivity index (χ4n) is 3.51. The maximum Gasteiger partial charge on any atom is 0.246 e. The molecule has 2 heterocycles. The molecule has 2 aliphatic heterocycles. The van der Waals surface area contributed by atoms with E-state index >= 15 is 0 Å². The van der Waals surface area contributed by atoms with Gasteiger partial charge in [-0.3, -0.25) is 9.59 Å². The first-order valence-corrected chi connectivity index (χ1v) is 9.35. The van der Waals surface area contributed by atoms with Gasteiger partial charge in [0.2, 0.25) is 11.8 Å². The summed E-state index contributed by atoms with van der Waals surface area (Å²) in [4.78, 5) is 28.7. The van der Waals surface area contributed by atoms with E-state index in [1.807, 2.05) is 41.0 Å². The number of rotatable bonds is 5. The molecule has 1 aromatic carbocycles. The van der Waals surface area contributed by atoms with E-state index in [1.165, 1.54) is 0 Å². The smallest absolute Gasteiger partial charge is 0.246 e. The molecule has 0 saturated carbocycles. The van der Waals surface area contributed by atoms with Crippen molar-refractivity contribution in [3.05, 3.63) is 29.8 Å². The van der Waals surface area contributed by atoms with Gasteiger partial charge in [0.1, 0.15) is 11.8 Å². The highest BCUT2D eigenvalue weighted by molar-refractivity contribution is 8.01. The van der Waals surface area contributed by atoms with Gasteiger partial charge in [-0.25, -0.2) is 0 Å². The lowest BCUT2D eigenvalue weighted by molar-refractivity contribution is -0.144. The fourth-order valence-corrected chi connectivity index (χ4v) is 4.93. The highest BCUT2D eigenvalue weighted by atomic mass is 32.2. The van der Waals surface area contributed by atoms with E-state index in [-0.39, 0.29) is 22.7 Å². The SMILES string of the molecule is CCN(Cc1ccc(OC)cc1)C(=O)C1CSC2(C)CCC(=O)N12.